The van der Waals surface area contributed by atoms with Crippen LogP contribution in [0.3, 0.4) is 0 Å². The van der Waals surface area contributed by atoms with Crippen molar-refractivity contribution in [2.75, 3.05) is 11.5 Å². The number of hydrogen-bond donors (Lipinski definition) is 0. The van der Waals surface area contributed by atoms with Crippen LogP contribution in [-0.4, -0.2) is 22.8 Å². The summed E-state index contributed by atoms with van der Waals surface area (Å²) in [5.41, 5.74) is 1.37. The van der Waals surface area contributed by atoms with Gasteiger partial charge in [-0.1, -0.05) is 39.0 Å². The van der Waals surface area contributed by atoms with Crippen LogP contribution in [0.4, 0.5) is 0 Å². The molecule has 0 aliphatic carbocycles. The van der Waals surface area contributed by atoms with E-state index in [-0.39, 0.29) is 5.54 Å². The van der Waals surface area contributed by atoms with Crippen LogP contribution >= 0.6 is 11.8 Å². The first-order valence-electron chi connectivity index (χ1n) is 7.09. The van der Waals surface area contributed by atoms with Crippen molar-refractivity contribution in [1.29, 1.82) is 0 Å². The van der Waals surface area contributed by atoms with E-state index in [0.29, 0.717) is 0 Å². The quantitative estimate of drug-likeness (QED) is 0.401. The minimum absolute atomic E-state index is 0.0881. The van der Waals surface area contributed by atoms with Gasteiger partial charge in [0.15, 0.2) is 0 Å². The van der Waals surface area contributed by atoms with Crippen molar-refractivity contribution in [3.8, 4) is 0 Å². The van der Waals surface area contributed by atoms with E-state index in [1.54, 1.807) is 0 Å². The van der Waals surface area contributed by atoms with Crippen LogP contribution in [-0.2, 0) is 0 Å². The van der Waals surface area contributed by atoms with Gasteiger partial charge in [0.2, 0.25) is 0 Å². The summed E-state index contributed by atoms with van der Waals surface area (Å²) in [7, 11) is 0. The zero-order chi connectivity index (χ0) is 13.1. The maximum absolute atomic E-state index is 4.66. The number of hydrogen-bond acceptors (Lipinski definition) is 2. The molecule has 0 saturated carbocycles. The molecule has 0 spiro atoms. The average molecular weight is 257 g/mol. The fourth-order valence-corrected chi connectivity index (χ4v) is 2.72. The molecule has 0 amide bonds. The van der Waals surface area contributed by atoms with Crippen LogP contribution in [0.25, 0.3) is 0 Å². The van der Waals surface area contributed by atoms with E-state index in [1.807, 2.05) is 11.8 Å². The molecule has 1 nitrogen and oxygen atoms in total. The minimum Gasteiger partial charge on any atom is -0.288 e. The number of nitrogens with zero attached hydrogens (tertiary/aromatic N) is 1. The molecule has 0 radical (unpaired) electrons. The van der Waals surface area contributed by atoms with Crippen molar-refractivity contribution >= 4 is 17.5 Å². The molecular weight excluding hydrogens is 226 g/mol. The fraction of sp³-hybridized carbons (Fsp3) is 0.933. The summed E-state index contributed by atoms with van der Waals surface area (Å²) in [5, 5.41) is 0. The third-order valence-corrected chi connectivity index (χ3v) is 3.68. The predicted octanol–water partition coefficient (Wildman–Crippen LogP) is 5.34. The molecule has 0 rings (SSSR count). The molecule has 0 unspecified atom stereocenters. The summed E-state index contributed by atoms with van der Waals surface area (Å²) in [6.07, 6.45) is 8.37. The van der Waals surface area contributed by atoms with Crippen molar-refractivity contribution in [2.45, 2.75) is 78.7 Å². The smallest absolute Gasteiger partial charge is 0.0523 e. The van der Waals surface area contributed by atoms with Crippen LogP contribution in [0, 0.1) is 0 Å². The number of unbranched alkanes of at least 4 members (excludes halogenated alkanes) is 5. The molecular formula is C15H31NS. The summed E-state index contributed by atoms with van der Waals surface area (Å²) in [4.78, 5) is 4.66. The van der Waals surface area contributed by atoms with Crippen molar-refractivity contribution in [2.24, 2.45) is 4.99 Å². The molecule has 0 aromatic carbocycles. The van der Waals surface area contributed by atoms with E-state index >= 15 is 0 Å². The third kappa shape index (κ3) is 14.0. The lowest BCUT2D eigenvalue weighted by Crippen LogP contribution is -2.13. The molecule has 0 aliphatic rings. The molecule has 0 atom stereocenters. The third-order valence-electron chi connectivity index (χ3n) is 2.48. The normalized spacial score (nSPS) is 13.1. The maximum Gasteiger partial charge on any atom is 0.0523 e. The molecule has 0 fully saturated rings. The van der Waals surface area contributed by atoms with Gasteiger partial charge in [0.1, 0.15) is 0 Å². The molecule has 0 aliphatic heterocycles. The van der Waals surface area contributed by atoms with Gasteiger partial charge in [-0.05, 0) is 39.9 Å². The highest BCUT2D eigenvalue weighted by atomic mass is 32.2. The Bertz CT molecular complexity index is 203. The van der Waals surface area contributed by atoms with E-state index in [2.05, 4.69) is 39.6 Å². The lowest BCUT2D eigenvalue weighted by atomic mass is 10.1. The van der Waals surface area contributed by atoms with Gasteiger partial charge in [0.25, 0.3) is 0 Å². The Morgan fingerprint density at radius 3 is 2.18 bits per heavy atom. The second-order valence-corrected chi connectivity index (χ2v) is 6.94. The van der Waals surface area contributed by atoms with Gasteiger partial charge in [-0.25, -0.2) is 0 Å². The summed E-state index contributed by atoms with van der Waals surface area (Å²) in [6.45, 7) is 10.9. The fourth-order valence-electron chi connectivity index (χ4n) is 1.81. The molecule has 2 heteroatoms. The lowest BCUT2D eigenvalue weighted by molar-refractivity contribution is 0.583. The summed E-state index contributed by atoms with van der Waals surface area (Å²) < 4.78 is 0. The molecule has 102 valence electrons. The van der Waals surface area contributed by atoms with E-state index in [9.17, 15) is 0 Å². The molecule has 0 saturated heterocycles. The Morgan fingerprint density at radius 2 is 1.59 bits per heavy atom. The molecule has 17 heavy (non-hydrogen) atoms. The van der Waals surface area contributed by atoms with E-state index in [4.69, 9.17) is 0 Å². The van der Waals surface area contributed by atoms with Crippen LogP contribution in [0.5, 0.6) is 0 Å². The Kier molecular flexibility index (Phi) is 10.0. The SMILES string of the molecule is CCCCCCCCSC/C(C)=N/C(C)(C)C. The van der Waals surface area contributed by atoms with Crippen LogP contribution < -0.4 is 0 Å². The lowest BCUT2D eigenvalue weighted by Gasteiger charge is -2.13. The molecule has 0 aromatic rings. The van der Waals surface area contributed by atoms with Gasteiger partial charge < -0.3 is 0 Å². The van der Waals surface area contributed by atoms with Gasteiger partial charge in [0.05, 0.1) is 5.54 Å². The summed E-state index contributed by atoms with van der Waals surface area (Å²) in [5.74, 6) is 2.40. The number of aliphatic imine (C=N–C) groups is 1. The van der Waals surface area contributed by atoms with Gasteiger partial charge in [0, 0.05) is 11.5 Å². The molecule has 0 heterocycles. The van der Waals surface area contributed by atoms with Crippen LogP contribution in [0.1, 0.15) is 73.1 Å². The standard InChI is InChI=1S/C15H31NS/c1-6-7-8-9-10-11-12-17-13-14(2)16-15(3,4)5/h6-13H2,1-5H3/b16-14+. The second-order valence-electron chi connectivity index (χ2n) is 5.84. The monoisotopic (exact) mass is 257 g/mol. The van der Waals surface area contributed by atoms with Crippen LogP contribution in [0.2, 0.25) is 0 Å². The topological polar surface area (TPSA) is 12.4 Å². The van der Waals surface area contributed by atoms with Crippen molar-refractivity contribution in [3.63, 3.8) is 0 Å². The molecule has 0 N–H and O–H groups in total. The highest BCUT2D eigenvalue weighted by Gasteiger charge is 2.07. The minimum atomic E-state index is 0.0881. The van der Waals surface area contributed by atoms with Crippen LogP contribution in [0.15, 0.2) is 4.99 Å². The first kappa shape index (κ1) is 17.0. The largest absolute Gasteiger partial charge is 0.288 e. The summed E-state index contributed by atoms with van der Waals surface area (Å²) in [6, 6.07) is 0. The van der Waals surface area contributed by atoms with Gasteiger partial charge in [-0.3, -0.25) is 4.99 Å². The predicted molar refractivity (Wildman–Crippen MR) is 83.6 cm³/mol. The highest BCUT2D eigenvalue weighted by molar-refractivity contribution is 7.99. The van der Waals surface area contributed by atoms with E-state index in [0.717, 1.165) is 5.75 Å². The second kappa shape index (κ2) is 9.99. The molecule has 0 aromatic heterocycles. The Hall–Kier alpha value is 0.0200. The first-order chi connectivity index (χ1) is 7.95. The van der Waals surface area contributed by atoms with Crippen molar-refractivity contribution in [3.05, 3.63) is 0 Å². The zero-order valence-electron chi connectivity index (χ0n) is 12.5. The highest BCUT2D eigenvalue weighted by Crippen LogP contribution is 2.12. The first-order valence-corrected chi connectivity index (χ1v) is 8.24. The number of thioether (sulfide) groups is 1. The Balaban J connectivity index is 3.37. The van der Waals surface area contributed by atoms with E-state index in [1.165, 1.54) is 50.0 Å². The maximum atomic E-state index is 4.66. The average Bonchev–Trinajstić information content (AvgIpc) is 2.19. The Morgan fingerprint density at radius 1 is 1.00 bits per heavy atom. The Labute approximate surface area is 113 Å². The summed E-state index contributed by atoms with van der Waals surface area (Å²) >= 11 is 2.04. The van der Waals surface area contributed by atoms with Gasteiger partial charge in [-0.2, -0.15) is 11.8 Å². The molecule has 0 bridgehead atoms. The number of rotatable bonds is 9. The zero-order valence-corrected chi connectivity index (χ0v) is 13.3. The van der Waals surface area contributed by atoms with Crippen molar-refractivity contribution < 1.29 is 0 Å². The van der Waals surface area contributed by atoms with Crippen molar-refractivity contribution in [1.82, 2.24) is 0 Å². The van der Waals surface area contributed by atoms with E-state index < -0.39 is 0 Å². The van der Waals surface area contributed by atoms with Gasteiger partial charge >= 0.3 is 0 Å². The van der Waals surface area contributed by atoms with Gasteiger partial charge in [-0.15, -0.1) is 0 Å².